The highest BCUT2D eigenvalue weighted by Gasteiger charge is 2.23. The second-order valence-corrected chi connectivity index (χ2v) is 3.03. The maximum Gasteiger partial charge on any atom is 0.321 e. The number of rotatable bonds is 6. The lowest BCUT2D eigenvalue weighted by atomic mass is 9.91. The summed E-state index contributed by atoms with van der Waals surface area (Å²) in [4.78, 5) is 10.8. The first-order valence-corrected chi connectivity index (χ1v) is 5.64. The summed E-state index contributed by atoms with van der Waals surface area (Å²) in [5, 5.41) is 8.82. The summed E-state index contributed by atoms with van der Waals surface area (Å²) in [6, 6.07) is -0.982. The van der Waals surface area contributed by atoms with E-state index in [1.54, 1.807) is 18.2 Å². The van der Waals surface area contributed by atoms with Gasteiger partial charge >= 0.3 is 5.97 Å². The number of hydrogen-bond acceptors (Lipinski definition) is 2. The predicted molar refractivity (Wildman–Crippen MR) is 73.7 cm³/mol. The molecular formula is C14H23NO2. The first-order chi connectivity index (χ1) is 8.08. The monoisotopic (exact) mass is 237 g/mol. The molecule has 0 fully saturated rings. The zero-order chi connectivity index (χ0) is 13.8. The Morgan fingerprint density at radius 3 is 2.18 bits per heavy atom. The van der Waals surface area contributed by atoms with Crippen LogP contribution < -0.4 is 5.73 Å². The maximum atomic E-state index is 10.8. The van der Waals surface area contributed by atoms with Crippen molar-refractivity contribution in [2.24, 2.45) is 11.7 Å². The van der Waals surface area contributed by atoms with Crippen molar-refractivity contribution >= 4 is 5.97 Å². The van der Waals surface area contributed by atoms with Crippen molar-refractivity contribution in [2.75, 3.05) is 0 Å². The lowest BCUT2D eigenvalue weighted by Crippen LogP contribution is -2.37. The molecule has 2 atom stereocenters. The van der Waals surface area contributed by atoms with E-state index in [-0.39, 0.29) is 0 Å². The standard InChI is InChI=1S/C12H17NO2.C2H6/c1-4-7-9(8-5-2)10(6-3)11(13)12(14)15;1-2/h4-8,10-11H,1,3,13H2,2H3,(H,14,15);1-2H3/b8-5-,9-7+;/t10-,11+;/m1./s1. The molecule has 17 heavy (non-hydrogen) atoms. The molecule has 0 aromatic carbocycles. The van der Waals surface area contributed by atoms with Crippen molar-refractivity contribution in [1.29, 1.82) is 0 Å². The van der Waals surface area contributed by atoms with Gasteiger partial charge in [-0.3, -0.25) is 4.79 Å². The average Bonchev–Trinajstić information content (AvgIpc) is 2.33. The van der Waals surface area contributed by atoms with Gasteiger partial charge < -0.3 is 10.8 Å². The predicted octanol–water partition coefficient (Wildman–Crippen LogP) is 2.92. The summed E-state index contributed by atoms with van der Waals surface area (Å²) in [5.41, 5.74) is 6.34. The van der Waals surface area contributed by atoms with Crippen LogP contribution in [-0.4, -0.2) is 17.1 Å². The van der Waals surface area contributed by atoms with Crippen molar-refractivity contribution in [3.63, 3.8) is 0 Å². The fourth-order valence-electron chi connectivity index (χ4n) is 1.25. The van der Waals surface area contributed by atoms with E-state index in [2.05, 4.69) is 13.2 Å². The van der Waals surface area contributed by atoms with Gasteiger partial charge in [-0.15, -0.1) is 6.58 Å². The number of nitrogens with two attached hydrogens (primary N) is 1. The molecule has 0 unspecified atom stereocenters. The molecule has 0 aliphatic carbocycles. The van der Waals surface area contributed by atoms with Crippen molar-refractivity contribution in [2.45, 2.75) is 26.8 Å². The number of carboxylic acid groups (broad SMARTS) is 1. The first-order valence-electron chi connectivity index (χ1n) is 5.64. The van der Waals surface area contributed by atoms with Gasteiger partial charge in [-0.25, -0.2) is 0 Å². The Balaban J connectivity index is 0. The minimum atomic E-state index is -1.04. The van der Waals surface area contributed by atoms with E-state index in [4.69, 9.17) is 10.8 Å². The molecule has 0 rings (SSSR count). The molecule has 0 heterocycles. The summed E-state index contributed by atoms with van der Waals surface area (Å²) >= 11 is 0. The van der Waals surface area contributed by atoms with Gasteiger partial charge in [0.05, 0.1) is 0 Å². The van der Waals surface area contributed by atoms with E-state index >= 15 is 0 Å². The molecule has 0 bridgehead atoms. The van der Waals surface area contributed by atoms with Gasteiger partial charge in [0.15, 0.2) is 0 Å². The molecule has 3 N–H and O–H groups in total. The van der Waals surface area contributed by atoms with Crippen LogP contribution in [0.25, 0.3) is 0 Å². The molecule has 0 amide bonds. The third kappa shape index (κ3) is 6.53. The van der Waals surface area contributed by atoms with E-state index < -0.39 is 17.9 Å². The molecule has 0 aromatic heterocycles. The lowest BCUT2D eigenvalue weighted by Gasteiger charge is -2.17. The Morgan fingerprint density at radius 2 is 1.88 bits per heavy atom. The van der Waals surface area contributed by atoms with E-state index in [1.807, 2.05) is 26.8 Å². The highest BCUT2D eigenvalue weighted by atomic mass is 16.4. The van der Waals surface area contributed by atoms with Gasteiger partial charge in [-0.05, 0) is 12.5 Å². The SMILES string of the molecule is C=C/C=C(\C=C/C)[C@@H](C=C)[C@H](N)C(=O)O.CC. The smallest absolute Gasteiger partial charge is 0.321 e. The summed E-state index contributed by atoms with van der Waals surface area (Å²) in [7, 11) is 0. The van der Waals surface area contributed by atoms with Gasteiger partial charge in [0.25, 0.3) is 0 Å². The van der Waals surface area contributed by atoms with Crippen LogP contribution in [-0.2, 0) is 4.79 Å². The maximum absolute atomic E-state index is 10.8. The highest BCUT2D eigenvalue weighted by Crippen LogP contribution is 2.17. The topological polar surface area (TPSA) is 63.3 Å². The Labute approximate surface area is 104 Å². The van der Waals surface area contributed by atoms with Crippen LogP contribution in [0.1, 0.15) is 20.8 Å². The average molecular weight is 237 g/mol. The fraction of sp³-hybridized carbons (Fsp3) is 0.357. The van der Waals surface area contributed by atoms with Crippen LogP contribution in [0.15, 0.2) is 49.1 Å². The van der Waals surface area contributed by atoms with Gasteiger partial charge in [0.2, 0.25) is 0 Å². The zero-order valence-electron chi connectivity index (χ0n) is 10.9. The quantitative estimate of drug-likeness (QED) is 0.551. The fourth-order valence-corrected chi connectivity index (χ4v) is 1.25. The molecule has 0 radical (unpaired) electrons. The van der Waals surface area contributed by atoms with Gasteiger partial charge in [0.1, 0.15) is 6.04 Å². The Bertz CT molecular complexity index is 303. The van der Waals surface area contributed by atoms with Gasteiger partial charge in [-0.1, -0.05) is 50.8 Å². The van der Waals surface area contributed by atoms with Gasteiger partial charge in [0, 0.05) is 5.92 Å². The van der Waals surface area contributed by atoms with Crippen LogP contribution in [0.3, 0.4) is 0 Å². The van der Waals surface area contributed by atoms with Crippen LogP contribution >= 0.6 is 0 Å². The van der Waals surface area contributed by atoms with Crippen LogP contribution in [0.4, 0.5) is 0 Å². The van der Waals surface area contributed by atoms with Crippen molar-refractivity contribution in [3.05, 3.63) is 49.1 Å². The number of aliphatic carboxylic acids is 1. The van der Waals surface area contributed by atoms with Crippen molar-refractivity contribution < 1.29 is 9.90 Å². The van der Waals surface area contributed by atoms with E-state index in [9.17, 15) is 4.79 Å². The highest BCUT2D eigenvalue weighted by molar-refractivity contribution is 5.74. The van der Waals surface area contributed by atoms with Gasteiger partial charge in [-0.2, -0.15) is 0 Å². The summed E-state index contributed by atoms with van der Waals surface area (Å²) in [5.74, 6) is -1.45. The molecule has 0 aromatic rings. The largest absolute Gasteiger partial charge is 0.480 e. The van der Waals surface area contributed by atoms with Crippen molar-refractivity contribution in [1.82, 2.24) is 0 Å². The molecule has 0 aliphatic heterocycles. The zero-order valence-corrected chi connectivity index (χ0v) is 10.9. The minimum absolute atomic E-state index is 0.406. The van der Waals surface area contributed by atoms with E-state index in [0.717, 1.165) is 5.57 Å². The normalized spacial score (nSPS) is 14.5. The molecular weight excluding hydrogens is 214 g/mol. The Morgan fingerprint density at radius 1 is 1.35 bits per heavy atom. The number of carbonyl (C=O) groups is 1. The third-order valence-corrected chi connectivity index (χ3v) is 1.98. The second-order valence-electron chi connectivity index (χ2n) is 3.03. The molecule has 96 valence electrons. The van der Waals surface area contributed by atoms with E-state index in [0.29, 0.717) is 0 Å². The Hall–Kier alpha value is -1.61. The summed E-state index contributed by atoms with van der Waals surface area (Å²) in [6.07, 6.45) is 8.49. The molecule has 0 spiro atoms. The molecule has 3 heteroatoms. The first kappa shape index (κ1) is 17.8. The van der Waals surface area contributed by atoms with Crippen LogP contribution in [0.5, 0.6) is 0 Å². The summed E-state index contributed by atoms with van der Waals surface area (Å²) < 4.78 is 0. The molecule has 0 aliphatic rings. The van der Waals surface area contributed by atoms with Crippen molar-refractivity contribution in [3.8, 4) is 0 Å². The second kappa shape index (κ2) is 10.9. The number of allylic oxidation sites excluding steroid dienone is 4. The molecule has 0 saturated carbocycles. The van der Waals surface area contributed by atoms with E-state index in [1.165, 1.54) is 6.08 Å². The number of carboxylic acids is 1. The van der Waals surface area contributed by atoms with Crippen LogP contribution in [0, 0.1) is 5.92 Å². The molecule has 3 nitrogen and oxygen atoms in total. The van der Waals surface area contributed by atoms with Crippen LogP contribution in [0.2, 0.25) is 0 Å². The Kier molecular flexibility index (Phi) is 11.4. The number of hydrogen-bond donors (Lipinski definition) is 2. The summed E-state index contributed by atoms with van der Waals surface area (Å²) in [6.45, 7) is 13.0. The minimum Gasteiger partial charge on any atom is -0.480 e. The lowest BCUT2D eigenvalue weighted by molar-refractivity contribution is -0.139. The molecule has 0 saturated heterocycles. The third-order valence-electron chi connectivity index (χ3n) is 1.98.